The number of anilines is 1. The summed E-state index contributed by atoms with van der Waals surface area (Å²) in [6.07, 6.45) is 1.46. The molecule has 4 nitrogen and oxygen atoms in total. The summed E-state index contributed by atoms with van der Waals surface area (Å²) in [4.78, 5) is 12.9. The van der Waals surface area contributed by atoms with Gasteiger partial charge in [-0.1, -0.05) is 60.7 Å². The fourth-order valence-electron chi connectivity index (χ4n) is 3.15. The molecule has 0 aliphatic heterocycles. The van der Waals surface area contributed by atoms with E-state index >= 15 is 0 Å². The summed E-state index contributed by atoms with van der Waals surface area (Å²) in [6, 6.07) is 23.8. The Bertz CT molecular complexity index is 1140. The van der Waals surface area contributed by atoms with E-state index in [9.17, 15) is 9.18 Å². The van der Waals surface area contributed by atoms with Crippen molar-refractivity contribution < 1.29 is 9.18 Å². The smallest absolute Gasteiger partial charge is 0.259 e. The monoisotopic (exact) mass is 371 g/mol. The van der Waals surface area contributed by atoms with Gasteiger partial charge in [-0.3, -0.25) is 4.79 Å². The summed E-state index contributed by atoms with van der Waals surface area (Å²) >= 11 is 0. The van der Waals surface area contributed by atoms with Crippen molar-refractivity contribution in [3.8, 4) is 16.8 Å². The number of nitrogens with one attached hydrogen (secondary N) is 1. The Kier molecular flexibility index (Phi) is 4.72. The fraction of sp³-hybridized carbons (Fsp3) is 0.0435. The van der Waals surface area contributed by atoms with E-state index in [1.165, 1.54) is 16.9 Å². The second-order valence-corrected chi connectivity index (χ2v) is 6.37. The van der Waals surface area contributed by atoms with Crippen molar-refractivity contribution in [3.63, 3.8) is 0 Å². The maximum Gasteiger partial charge on any atom is 0.259 e. The Morgan fingerprint density at radius 3 is 2.39 bits per heavy atom. The van der Waals surface area contributed by atoms with Crippen LogP contribution in [0.5, 0.6) is 0 Å². The quantitative estimate of drug-likeness (QED) is 0.533. The molecule has 0 aliphatic carbocycles. The molecule has 0 unspecified atom stereocenters. The topological polar surface area (TPSA) is 46.9 Å². The molecule has 0 bridgehead atoms. The maximum atomic E-state index is 14.1. The first-order chi connectivity index (χ1) is 13.6. The third-order valence-corrected chi connectivity index (χ3v) is 4.60. The Morgan fingerprint density at radius 1 is 0.929 bits per heavy atom. The van der Waals surface area contributed by atoms with Crippen LogP contribution in [0.25, 0.3) is 16.8 Å². The average molecular weight is 371 g/mol. The zero-order valence-corrected chi connectivity index (χ0v) is 15.3. The Morgan fingerprint density at radius 2 is 1.61 bits per heavy atom. The van der Waals surface area contributed by atoms with Gasteiger partial charge in [0.1, 0.15) is 11.5 Å². The molecule has 0 saturated carbocycles. The van der Waals surface area contributed by atoms with Gasteiger partial charge in [0.2, 0.25) is 0 Å². The van der Waals surface area contributed by atoms with Crippen molar-refractivity contribution in [2.24, 2.45) is 0 Å². The van der Waals surface area contributed by atoms with Gasteiger partial charge in [-0.2, -0.15) is 5.10 Å². The number of amides is 1. The van der Waals surface area contributed by atoms with Gasteiger partial charge in [-0.05, 0) is 30.7 Å². The molecule has 28 heavy (non-hydrogen) atoms. The molecule has 0 aliphatic rings. The molecule has 1 amide bonds. The lowest BCUT2D eigenvalue weighted by molar-refractivity contribution is 0.102. The average Bonchev–Trinajstić information content (AvgIpc) is 3.11. The van der Waals surface area contributed by atoms with Gasteiger partial charge in [0.15, 0.2) is 0 Å². The molecule has 138 valence electrons. The lowest BCUT2D eigenvalue weighted by Crippen LogP contribution is -2.14. The Hall–Kier alpha value is -3.73. The summed E-state index contributed by atoms with van der Waals surface area (Å²) in [7, 11) is 0. The molecule has 4 rings (SSSR count). The van der Waals surface area contributed by atoms with E-state index < -0.39 is 5.82 Å². The second kappa shape index (κ2) is 7.48. The highest BCUT2D eigenvalue weighted by atomic mass is 19.1. The first-order valence-electron chi connectivity index (χ1n) is 8.90. The summed E-state index contributed by atoms with van der Waals surface area (Å²) in [5.41, 5.74) is 3.92. The Balaban J connectivity index is 1.66. The summed E-state index contributed by atoms with van der Waals surface area (Å²) in [5, 5.41) is 7.17. The molecule has 0 atom stereocenters. The highest BCUT2D eigenvalue weighted by Gasteiger charge is 2.18. The molecule has 1 aromatic heterocycles. The number of rotatable bonds is 4. The number of carbonyl (C=O) groups is 1. The number of hydrogen-bond donors (Lipinski definition) is 1. The number of nitrogens with zero attached hydrogens (tertiary/aromatic N) is 2. The van der Waals surface area contributed by atoms with Gasteiger partial charge in [0.25, 0.3) is 5.91 Å². The largest absolute Gasteiger partial charge is 0.321 e. The molecule has 1 heterocycles. The van der Waals surface area contributed by atoms with Crippen LogP contribution >= 0.6 is 0 Å². The normalized spacial score (nSPS) is 10.6. The van der Waals surface area contributed by atoms with Crippen LogP contribution in [0.4, 0.5) is 10.1 Å². The van der Waals surface area contributed by atoms with E-state index in [0.29, 0.717) is 22.6 Å². The zero-order valence-electron chi connectivity index (χ0n) is 15.3. The first kappa shape index (κ1) is 17.7. The van der Waals surface area contributed by atoms with Gasteiger partial charge in [0.05, 0.1) is 17.5 Å². The molecule has 1 N–H and O–H groups in total. The van der Waals surface area contributed by atoms with E-state index in [1.54, 1.807) is 25.1 Å². The first-order valence-corrected chi connectivity index (χ1v) is 8.90. The number of para-hydroxylation sites is 2. The van der Waals surface area contributed by atoms with Crippen LogP contribution in [-0.4, -0.2) is 15.7 Å². The van der Waals surface area contributed by atoms with Crippen LogP contribution in [0.3, 0.4) is 0 Å². The van der Waals surface area contributed by atoms with E-state index in [0.717, 1.165) is 11.1 Å². The molecule has 0 spiro atoms. The summed E-state index contributed by atoms with van der Waals surface area (Å²) < 4.78 is 15.5. The van der Waals surface area contributed by atoms with Gasteiger partial charge in [0, 0.05) is 11.3 Å². The SMILES string of the molecule is Cc1c(C(=O)Nc2ccccc2-c2ccccc2)cnn1-c1ccccc1F. The van der Waals surface area contributed by atoms with Crippen LogP contribution in [0.2, 0.25) is 0 Å². The van der Waals surface area contributed by atoms with E-state index in [2.05, 4.69) is 10.4 Å². The summed E-state index contributed by atoms with van der Waals surface area (Å²) in [6.45, 7) is 1.75. The number of benzene rings is 3. The fourth-order valence-corrected chi connectivity index (χ4v) is 3.15. The number of aromatic nitrogens is 2. The molecule has 0 saturated heterocycles. The lowest BCUT2D eigenvalue weighted by atomic mass is 10.0. The number of hydrogen-bond acceptors (Lipinski definition) is 2. The van der Waals surface area contributed by atoms with Crippen molar-refractivity contribution in [2.45, 2.75) is 6.92 Å². The molecular formula is C23H18FN3O. The minimum Gasteiger partial charge on any atom is -0.321 e. The molecule has 0 fully saturated rings. The van der Waals surface area contributed by atoms with Gasteiger partial charge >= 0.3 is 0 Å². The third-order valence-electron chi connectivity index (χ3n) is 4.60. The minimum absolute atomic E-state index is 0.288. The zero-order chi connectivity index (χ0) is 19.5. The minimum atomic E-state index is -0.393. The van der Waals surface area contributed by atoms with Crippen LogP contribution in [0.15, 0.2) is 85.1 Å². The standard InChI is InChI=1S/C23H18FN3O/c1-16-19(15-25-27(16)22-14-8-6-12-20(22)24)23(28)26-21-13-7-5-11-18(21)17-9-3-2-4-10-17/h2-15H,1H3,(H,26,28). The molecule has 5 heteroatoms. The molecular weight excluding hydrogens is 353 g/mol. The van der Waals surface area contributed by atoms with Crippen molar-refractivity contribution >= 4 is 11.6 Å². The Labute approximate surface area is 162 Å². The molecule has 0 radical (unpaired) electrons. The van der Waals surface area contributed by atoms with Gasteiger partial charge < -0.3 is 5.32 Å². The second-order valence-electron chi connectivity index (χ2n) is 6.37. The van der Waals surface area contributed by atoms with Gasteiger partial charge in [-0.25, -0.2) is 9.07 Å². The van der Waals surface area contributed by atoms with E-state index in [1.807, 2.05) is 54.6 Å². The number of carbonyl (C=O) groups excluding carboxylic acids is 1. The highest BCUT2D eigenvalue weighted by Crippen LogP contribution is 2.28. The van der Waals surface area contributed by atoms with E-state index in [-0.39, 0.29) is 5.91 Å². The van der Waals surface area contributed by atoms with Crippen molar-refractivity contribution in [1.82, 2.24) is 9.78 Å². The molecule has 4 aromatic rings. The van der Waals surface area contributed by atoms with Crippen LogP contribution in [0, 0.1) is 12.7 Å². The van der Waals surface area contributed by atoms with Gasteiger partial charge in [-0.15, -0.1) is 0 Å². The highest BCUT2D eigenvalue weighted by molar-refractivity contribution is 6.06. The van der Waals surface area contributed by atoms with Crippen molar-refractivity contribution in [1.29, 1.82) is 0 Å². The van der Waals surface area contributed by atoms with Crippen LogP contribution in [0.1, 0.15) is 16.1 Å². The molecule has 3 aromatic carbocycles. The predicted octanol–water partition coefficient (Wildman–Crippen LogP) is 5.24. The van der Waals surface area contributed by atoms with E-state index in [4.69, 9.17) is 0 Å². The number of halogens is 1. The third kappa shape index (κ3) is 3.30. The maximum absolute atomic E-state index is 14.1. The van der Waals surface area contributed by atoms with Crippen LogP contribution < -0.4 is 5.32 Å². The van der Waals surface area contributed by atoms with Crippen molar-refractivity contribution in [3.05, 3.63) is 102 Å². The lowest BCUT2D eigenvalue weighted by Gasteiger charge is -2.11. The summed E-state index contributed by atoms with van der Waals surface area (Å²) in [5.74, 6) is -0.682. The van der Waals surface area contributed by atoms with Crippen LogP contribution in [-0.2, 0) is 0 Å². The van der Waals surface area contributed by atoms with Crippen molar-refractivity contribution in [2.75, 3.05) is 5.32 Å². The predicted molar refractivity (Wildman–Crippen MR) is 108 cm³/mol.